The molecule has 1 aromatic carbocycles. The molecule has 8 heteroatoms. The number of fused-ring (bicyclic) bond motifs is 1. The number of Topliss-reactive ketones (excluding diaryl/α,β-unsaturated/α-hetero) is 1. The molecule has 0 atom stereocenters. The van der Waals surface area contributed by atoms with Gasteiger partial charge in [-0.1, -0.05) is 12.1 Å². The molecule has 3 rings (SSSR count). The van der Waals surface area contributed by atoms with Gasteiger partial charge in [-0.2, -0.15) is 0 Å². The third-order valence-corrected chi connectivity index (χ3v) is 3.67. The van der Waals surface area contributed by atoms with Crippen molar-refractivity contribution in [2.45, 2.75) is 20.3 Å². The number of carbonyl (C=O) groups is 2. The van der Waals surface area contributed by atoms with Crippen molar-refractivity contribution in [1.82, 2.24) is 20.3 Å². The SMILES string of the molecule is CCNC(=O)Nc1ccc2ncc(Nc3ccc(CC(C)=O)cc3)nc2n1. The Bertz CT molecular complexity index is 972. The minimum Gasteiger partial charge on any atom is -0.339 e. The van der Waals surface area contributed by atoms with Gasteiger partial charge >= 0.3 is 6.03 Å². The van der Waals surface area contributed by atoms with Crippen LogP contribution in [0.4, 0.5) is 22.1 Å². The second-order valence-corrected chi connectivity index (χ2v) is 5.98. The molecule has 138 valence electrons. The number of amides is 2. The van der Waals surface area contributed by atoms with Crippen molar-refractivity contribution < 1.29 is 9.59 Å². The zero-order valence-electron chi connectivity index (χ0n) is 15.1. The summed E-state index contributed by atoms with van der Waals surface area (Å²) in [4.78, 5) is 35.9. The molecule has 0 saturated carbocycles. The van der Waals surface area contributed by atoms with E-state index in [-0.39, 0.29) is 11.8 Å². The van der Waals surface area contributed by atoms with E-state index in [0.717, 1.165) is 11.3 Å². The number of nitrogens with zero attached hydrogens (tertiary/aromatic N) is 3. The van der Waals surface area contributed by atoms with E-state index >= 15 is 0 Å². The summed E-state index contributed by atoms with van der Waals surface area (Å²) in [6.07, 6.45) is 2.03. The third kappa shape index (κ3) is 4.97. The summed E-state index contributed by atoms with van der Waals surface area (Å²) in [5.74, 6) is 1.05. The molecule has 0 bridgehead atoms. The van der Waals surface area contributed by atoms with Crippen molar-refractivity contribution in [2.24, 2.45) is 0 Å². The molecule has 0 aliphatic carbocycles. The number of ketones is 1. The van der Waals surface area contributed by atoms with Crippen LogP contribution in [0.25, 0.3) is 11.2 Å². The average Bonchev–Trinajstić information content (AvgIpc) is 2.63. The number of urea groups is 1. The maximum absolute atomic E-state index is 11.6. The molecule has 8 nitrogen and oxygen atoms in total. The maximum Gasteiger partial charge on any atom is 0.320 e. The second kappa shape index (κ2) is 8.22. The van der Waals surface area contributed by atoms with Crippen LogP contribution in [0.1, 0.15) is 19.4 Å². The summed E-state index contributed by atoms with van der Waals surface area (Å²) in [6.45, 7) is 3.93. The smallest absolute Gasteiger partial charge is 0.320 e. The van der Waals surface area contributed by atoms with Gasteiger partial charge in [0.05, 0.1) is 6.20 Å². The summed E-state index contributed by atoms with van der Waals surface area (Å²) in [5.41, 5.74) is 2.83. The van der Waals surface area contributed by atoms with Crippen LogP contribution in [0.5, 0.6) is 0 Å². The van der Waals surface area contributed by atoms with Crippen LogP contribution >= 0.6 is 0 Å². The fraction of sp³-hybridized carbons (Fsp3) is 0.211. The minimum atomic E-state index is -0.322. The van der Waals surface area contributed by atoms with Crippen LogP contribution in [-0.2, 0) is 11.2 Å². The van der Waals surface area contributed by atoms with Gasteiger partial charge in [0.25, 0.3) is 0 Å². The summed E-state index contributed by atoms with van der Waals surface area (Å²) in [6, 6.07) is 10.6. The van der Waals surface area contributed by atoms with Crippen molar-refractivity contribution >= 4 is 40.3 Å². The van der Waals surface area contributed by atoms with Gasteiger partial charge in [-0.15, -0.1) is 0 Å². The van der Waals surface area contributed by atoms with Gasteiger partial charge in [0, 0.05) is 18.7 Å². The first-order chi connectivity index (χ1) is 13.0. The summed E-state index contributed by atoms with van der Waals surface area (Å²) in [7, 11) is 0. The average molecular weight is 364 g/mol. The highest BCUT2D eigenvalue weighted by Gasteiger charge is 2.06. The molecule has 2 aromatic heterocycles. The molecule has 0 aliphatic heterocycles. The number of carbonyl (C=O) groups excluding carboxylic acids is 2. The van der Waals surface area contributed by atoms with E-state index < -0.39 is 0 Å². The van der Waals surface area contributed by atoms with E-state index in [9.17, 15) is 9.59 Å². The Morgan fingerprint density at radius 2 is 1.74 bits per heavy atom. The molecule has 3 N–H and O–H groups in total. The lowest BCUT2D eigenvalue weighted by atomic mass is 10.1. The van der Waals surface area contributed by atoms with E-state index in [1.165, 1.54) is 0 Å². The molecule has 2 heterocycles. The summed E-state index contributed by atoms with van der Waals surface area (Å²) in [5, 5.41) is 8.45. The molecule has 0 fully saturated rings. The first-order valence-electron chi connectivity index (χ1n) is 8.57. The van der Waals surface area contributed by atoms with Gasteiger partial charge in [0.15, 0.2) is 11.5 Å². The quantitative estimate of drug-likeness (QED) is 0.620. The topological polar surface area (TPSA) is 109 Å². The third-order valence-electron chi connectivity index (χ3n) is 3.67. The van der Waals surface area contributed by atoms with E-state index in [1.807, 2.05) is 31.2 Å². The largest absolute Gasteiger partial charge is 0.339 e. The lowest BCUT2D eigenvalue weighted by Gasteiger charge is -2.08. The zero-order chi connectivity index (χ0) is 19.2. The van der Waals surface area contributed by atoms with Gasteiger partial charge in [-0.3, -0.25) is 10.1 Å². The van der Waals surface area contributed by atoms with E-state index in [2.05, 4.69) is 30.9 Å². The highest BCUT2D eigenvalue weighted by molar-refractivity contribution is 5.89. The highest BCUT2D eigenvalue weighted by atomic mass is 16.2. The Morgan fingerprint density at radius 3 is 2.44 bits per heavy atom. The first-order valence-corrected chi connectivity index (χ1v) is 8.57. The molecule has 2 amide bonds. The van der Waals surface area contributed by atoms with Crippen molar-refractivity contribution in [1.29, 1.82) is 0 Å². The van der Waals surface area contributed by atoms with Crippen molar-refractivity contribution in [3.8, 4) is 0 Å². The Hall–Kier alpha value is -3.55. The number of aromatic nitrogens is 3. The predicted molar refractivity (Wildman–Crippen MR) is 104 cm³/mol. The fourth-order valence-electron chi connectivity index (χ4n) is 2.49. The Balaban J connectivity index is 1.76. The fourth-order valence-corrected chi connectivity index (χ4v) is 2.49. The van der Waals surface area contributed by atoms with E-state index in [4.69, 9.17) is 0 Å². The lowest BCUT2D eigenvalue weighted by Crippen LogP contribution is -2.28. The molecule has 3 aromatic rings. The van der Waals surface area contributed by atoms with Gasteiger partial charge in [0.2, 0.25) is 0 Å². The van der Waals surface area contributed by atoms with Crippen molar-refractivity contribution in [3.05, 3.63) is 48.2 Å². The highest BCUT2D eigenvalue weighted by Crippen LogP contribution is 2.18. The second-order valence-electron chi connectivity index (χ2n) is 5.98. The Labute approximate surface area is 156 Å². The zero-order valence-corrected chi connectivity index (χ0v) is 15.1. The van der Waals surface area contributed by atoms with Crippen LogP contribution in [0.2, 0.25) is 0 Å². The monoisotopic (exact) mass is 364 g/mol. The van der Waals surface area contributed by atoms with Crippen LogP contribution in [0.15, 0.2) is 42.6 Å². The van der Waals surface area contributed by atoms with Crippen LogP contribution in [0, 0.1) is 0 Å². The van der Waals surface area contributed by atoms with Crippen molar-refractivity contribution in [3.63, 3.8) is 0 Å². The standard InChI is InChI=1S/C19H20N6O2/c1-3-20-19(27)25-16-9-8-15-18(23-16)24-17(11-21-15)22-14-6-4-13(5-7-14)10-12(2)26/h4-9,11H,3,10H2,1-2H3,(H3,20,22,23,24,25,27). The Morgan fingerprint density at radius 1 is 1.00 bits per heavy atom. The molecule has 27 heavy (non-hydrogen) atoms. The Kier molecular flexibility index (Phi) is 5.55. The lowest BCUT2D eigenvalue weighted by molar-refractivity contribution is -0.116. The molecular weight excluding hydrogens is 344 g/mol. The van der Waals surface area contributed by atoms with Gasteiger partial charge < -0.3 is 10.6 Å². The molecule has 0 radical (unpaired) electrons. The number of hydrogen-bond acceptors (Lipinski definition) is 6. The number of rotatable bonds is 6. The molecule has 0 spiro atoms. The van der Waals surface area contributed by atoms with E-state index in [0.29, 0.717) is 35.8 Å². The molecular formula is C19H20N6O2. The van der Waals surface area contributed by atoms with Gasteiger partial charge in [-0.05, 0) is 43.7 Å². The van der Waals surface area contributed by atoms with Crippen molar-refractivity contribution in [2.75, 3.05) is 17.2 Å². The van der Waals surface area contributed by atoms with E-state index in [1.54, 1.807) is 25.3 Å². The normalized spacial score (nSPS) is 10.4. The summed E-state index contributed by atoms with van der Waals surface area (Å²) < 4.78 is 0. The number of nitrogens with one attached hydrogen (secondary N) is 3. The summed E-state index contributed by atoms with van der Waals surface area (Å²) >= 11 is 0. The number of hydrogen-bond donors (Lipinski definition) is 3. The number of anilines is 3. The molecule has 0 unspecified atom stereocenters. The number of pyridine rings is 1. The minimum absolute atomic E-state index is 0.124. The van der Waals surface area contributed by atoms with Gasteiger partial charge in [0.1, 0.15) is 17.1 Å². The molecule has 0 saturated heterocycles. The predicted octanol–water partition coefficient (Wildman–Crippen LogP) is 3.04. The maximum atomic E-state index is 11.6. The molecule has 0 aliphatic rings. The first kappa shape index (κ1) is 18.2. The van der Waals surface area contributed by atoms with Gasteiger partial charge in [-0.25, -0.2) is 19.7 Å². The van der Waals surface area contributed by atoms with Crippen LogP contribution < -0.4 is 16.0 Å². The van der Waals surface area contributed by atoms with Crippen LogP contribution in [-0.4, -0.2) is 33.3 Å². The van der Waals surface area contributed by atoms with Crippen LogP contribution in [0.3, 0.4) is 0 Å². The number of benzene rings is 1.